The zero-order chi connectivity index (χ0) is 17.4. The number of aryl methyl sites for hydroxylation is 1. The lowest BCUT2D eigenvalue weighted by atomic mass is 9.94. The van der Waals surface area contributed by atoms with Crippen molar-refractivity contribution in [3.63, 3.8) is 0 Å². The van der Waals surface area contributed by atoms with Gasteiger partial charge in [0.15, 0.2) is 5.65 Å². The highest BCUT2D eigenvalue weighted by molar-refractivity contribution is 5.48. The number of phenols is 1. The highest BCUT2D eigenvalue weighted by Crippen LogP contribution is 2.28. The molecular weight excluding hydrogens is 314 g/mol. The van der Waals surface area contributed by atoms with Crippen molar-refractivity contribution in [2.45, 2.75) is 32.2 Å². The monoisotopic (exact) mass is 337 g/mol. The second kappa shape index (κ2) is 6.37. The number of nitrogens with two attached hydrogens (primary N) is 1. The molecule has 3 N–H and O–H groups in total. The van der Waals surface area contributed by atoms with Crippen molar-refractivity contribution >= 4 is 11.5 Å². The summed E-state index contributed by atoms with van der Waals surface area (Å²) in [4.78, 5) is 7.24. The summed E-state index contributed by atoms with van der Waals surface area (Å²) in [5, 5.41) is 13.8. The van der Waals surface area contributed by atoms with Crippen LogP contribution in [0.2, 0.25) is 0 Å². The Labute approximate surface area is 146 Å². The molecule has 0 bridgehead atoms. The molecule has 1 aliphatic rings. The van der Waals surface area contributed by atoms with E-state index in [1.54, 1.807) is 16.6 Å². The average Bonchev–Trinajstić information content (AvgIpc) is 2.98. The maximum Gasteiger partial charge on any atom is 0.157 e. The summed E-state index contributed by atoms with van der Waals surface area (Å²) in [5.41, 5.74) is 10.2. The Morgan fingerprint density at radius 2 is 2.04 bits per heavy atom. The molecule has 1 aliphatic heterocycles. The van der Waals surface area contributed by atoms with Gasteiger partial charge in [-0.2, -0.15) is 9.61 Å². The van der Waals surface area contributed by atoms with Crippen LogP contribution in [0.3, 0.4) is 0 Å². The van der Waals surface area contributed by atoms with E-state index in [9.17, 15) is 5.11 Å². The van der Waals surface area contributed by atoms with Crippen LogP contribution in [0.5, 0.6) is 5.75 Å². The number of nitrogen functional groups attached to an aromatic ring is 1. The van der Waals surface area contributed by atoms with Crippen LogP contribution in [0.1, 0.15) is 35.7 Å². The summed E-state index contributed by atoms with van der Waals surface area (Å²) in [5.74, 6) is 1.33. The van der Waals surface area contributed by atoms with E-state index >= 15 is 0 Å². The van der Waals surface area contributed by atoms with Gasteiger partial charge in [-0.05, 0) is 44.0 Å². The topological polar surface area (TPSA) is 79.7 Å². The van der Waals surface area contributed by atoms with E-state index in [1.807, 2.05) is 31.2 Å². The van der Waals surface area contributed by atoms with E-state index in [-0.39, 0.29) is 0 Å². The molecular formula is C19H23N5O. The summed E-state index contributed by atoms with van der Waals surface area (Å²) in [6, 6.07) is 11.4. The molecule has 4 rings (SSSR count). The van der Waals surface area contributed by atoms with Crippen molar-refractivity contribution in [3.05, 3.63) is 53.3 Å². The van der Waals surface area contributed by atoms with E-state index in [2.05, 4.69) is 10.00 Å². The van der Waals surface area contributed by atoms with Crippen LogP contribution < -0.4 is 5.73 Å². The van der Waals surface area contributed by atoms with Crippen LogP contribution in [0.4, 0.5) is 5.82 Å². The smallest absolute Gasteiger partial charge is 0.157 e. The Bertz CT molecular complexity index is 887. The van der Waals surface area contributed by atoms with Gasteiger partial charge in [0.05, 0.1) is 11.4 Å². The molecule has 0 spiro atoms. The number of nitrogens with zero attached hydrogens (tertiary/aromatic N) is 4. The molecule has 3 aromatic rings. The lowest BCUT2D eigenvalue weighted by Gasteiger charge is -2.32. The molecule has 0 unspecified atom stereocenters. The van der Waals surface area contributed by atoms with Gasteiger partial charge in [-0.25, -0.2) is 4.98 Å². The lowest BCUT2D eigenvalue weighted by molar-refractivity contribution is 0.198. The Kier molecular flexibility index (Phi) is 4.05. The Hall–Kier alpha value is -2.60. The van der Waals surface area contributed by atoms with Gasteiger partial charge < -0.3 is 10.8 Å². The summed E-state index contributed by atoms with van der Waals surface area (Å²) >= 11 is 0. The molecule has 6 nitrogen and oxygen atoms in total. The molecule has 3 heterocycles. The zero-order valence-corrected chi connectivity index (χ0v) is 14.4. The molecule has 1 saturated heterocycles. The largest absolute Gasteiger partial charge is 0.508 e. The molecule has 1 fully saturated rings. The van der Waals surface area contributed by atoms with Gasteiger partial charge in [-0.3, -0.25) is 4.90 Å². The summed E-state index contributed by atoms with van der Waals surface area (Å²) < 4.78 is 1.70. The van der Waals surface area contributed by atoms with Crippen LogP contribution in [0.25, 0.3) is 5.65 Å². The first-order valence-corrected chi connectivity index (χ1v) is 8.71. The van der Waals surface area contributed by atoms with Gasteiger partial charge in [0.2, 0.25) is 0 Å². The number of rotatable bonds is 3. The average molecular weight is 337 g/mol. The molecule has 0 amide bonds. The number of hydrogen-bond donors (Lipinski definition) is 2. The third-order valence-corrected chi connectivity index (χ3v) is 4.86. The van der Waals surface area contributed by atoms with Gasteiger partial charge in [0.1, 0.15) is 11.6 Å². The van der Waals surface area contributed by atoms with Crippen LogP contribution in [0, 0.1) is 6.92 Å². The number of fused-ring (bicyclic) bond motifs is 1. The highest BCUT2D eigenvalue weighted by Gasteiger charge is 2.23. The minimum absolute atomic E-state index is 0.310. The molecule has 0 aliphatic carbocycles. The van der Waals surface area contributed by atoms with Crippen molar-refractivity contribution in [1.29, 1.82) is 0 Å². The SMILES string of the molecule is Cc1cc2nc([C@@H]3CCCN(Cc4ccc(O)cc4)C3)cc(N)n2n1. The molecule has 1 atom stereocenters. The van der Waals surface area contributed by atoms with Crippen LogP contribution in [-0.4, -0.2) is 37.7 Å². The fourth-order valence-corrected chi connectivity index (χ4v) is 3.64. The maximum atomic E-state index is 9.43. The molecule has 130 valence electrons. The number of anilines is 1. The maximum absolute atomic E-state index is 9.43. The normalized spacial score (nSPS) is 18.7. The number of aromatic nitrogens is 3. The van der Waals surface area contributed by atoms with Crippen LogP contribution in [-0.2, 0) is 6.54 Å². The van der Waals surface area contributed by atoms with E-state index in [1.165, 1.54) is 5.56 Å². The minimum atomic E-state index is 0.310. The number of piperidine rings is 1. The van der Waals surface area contributed by atoms with Crippen molar-refractivity contribution in [1.82, 2.24) is 19.5 Å². The predicted molar refractivity (Wildman–Crippen MR) is 97.5 cm³/mol. The Balaban J connectivity index is 1.53. The van der Waals surface area contributed by atoms with Gasteiger partial charge in [-0.15, -0.1) is 0 Å². The summed E-state index contributed by atoms with van der Waals surface area (Å²) in [6.45, 7) is 4.89. The number of hydrogen-bond acceptors (Lipinski definition) is 5. The first kappa shape index (κ1) is 15.9. The minimum Gasteiger partial charge on any atom is -0.508 e. The molecule has 0 saturated carbocycles. The highest BCUT2D eigenvalue weighted by atomic mass is 16.3. The third-order valence-electron chi connectivity index (χ3n) is 4.86. The summed E-state index contributed by atoms with van der Waals surface area (Å²) in [7, 11) is 0. The van der Waals surface area contributed by atoms with Gasteiger partial charge in [0, 0.05) is 31.1 Å². The quantitative estimate of drug-likeness (QED) is 0.768. The number of phenolic OH excluding ortho intramolecular Hbond substituents is 1. The van der Waals surface area contributed by atoms with Gasteiger partial charge in [-0.1, -0.05) is 12.1 Å². The van der Waals surface area contributed by atoms with Crippen LogP contribution in [0.15, 0.2) is 36.4 Å². The first-order chi connectivity index (χ1) is 12.1. The predicted octanol–water partition coefficient (Wildman–Crippen LogP) is 2.71. The van der Waals surface area contributed by atoms with Crippen molar-refractivity contribution in [2.24, 2.45) is 0 Å². The standard InChI is InChI=1S/C19H23N5O/c1-13-9-19-21-17(10-18(20)24(19)22-13)15-3-2-8-23(12-15)11-14-4-6-16(25)7-5-14/h4-7,9-10,15,25H,2-3,8,11-12,20H2,1H3/t15-/m1/s1. The molecule has 2 aromatic heterocycles. The lowest BCUT2D eigenvalue weighted by Crippen LogP contribution is -2.34. The molecule has 25 heavy (non-hydrogen) atoms. The van der Waals surface area contributed by atoms with Crippen molar-refractivity contribution in [3.8, 4) is 5.75 Å². The summed E-state index contributed by atoms with van der Waals surface area (Å²) in [6.07, 6.45) is 2.27. The fourth-order valence-electron chi connectivity index (χ4n) is 3.64. The molecule has 1 aromatic carbocycles. The zero-order valence-electron chi connectivity index (χ0n) is 14.4. The van der Waals surface area contributed by atoms with Gasteiger partial charge in [0.25, 0.3) is 0 Å². The van der Waals surface area contributed by atoms with Crippen molar-refractivity contribution < 1.29 is 5.11 Å². The number of likely N-dealkylation sites (tertiary alicyclic amines) is 1. The van der Waals surface area contributed by atoms with E-state index < -0.39 is 0 Å². The third kappa shape index (κ3) is 3.30. The number of benzene rings is 1. The molecule has 6 heteroatoms. The number of aromatic hydroxyl groups is 1. The first-order valence-electron chi connectivity index (χ1n) is 8.71. The van der Waals surface area contributed by atoms with Crippen LogP contribution >= 0.6 is 0 Å². The Morgan fingerprint density at radius 1 is 1.24 bits per heavy atom. The van der Waals surface area contributed by atoms with E-state index in [4.69, 9.17) is 10.7 Å². The van der Waals surface area contributed by atoms with E-state index in [0.717, 1.165) is 49.5 Å². The second-order valence-corrected chi connectivity index (χ2v) is 6.90. The van der Waals surface area contributed by atoms with E-state index in [0.29, 0.717) is 17.5 Å². The Morgan fingerprint density at radius 3 is 2.84 bits per heavy atom. The molecule has 0 radical (unpaired) electrons. The second-order valence-electron chi connectivity index (χ2n) is 6.90. The van der Waals surface area contributed by atoms with Crippen molar-refractivity contribution in [2.75, 3.05) is 18.8 Å². The van der Waals surface area contributed by atoms with Gasteiger partial charge >= 0.3 is 0 Å². The fraction of sp³-hybridized carbons (Fsp3) is 0.368.